The molecule has 0 atom stereocenters. The third-order valence-corrected chi connectivity index (χ3v) is 3.48. The van der Waals surface area contributed by atoms with Gasteiger partial charge in [0.05, 0.1) is 9.82 Å². The van der Waals surface area contributed by atoms with Crippen molar-refractivity contribution in [1.82, 2.24) is 0 Å². The van der Waals surface area contributed by atoms with E-state index in [-0.39, 0.29) is 35.2 Å². The van der Waals surface area contributed by atoms with Crippen LogP contribution in [0.5, 0.6) is 0 Å². The van der Waals surface area contributed by atoms with Crippen molar-refractivity contribution in [3.63, 3.8) is 0 Å². The Morgan fingerprint density at radius 3 is 2.18 bits per heavy atom. The fraction of sp³-hybridized carbons (Fsp3) is 0. The van der Waals surface area contributed by atoms with E-state index in [4.69, 9.17) is 5.73 Å². The Labute approximate surface area is 148 Å². The van der Waals surface area contributed by atoms with Gasteiger partial charge < -0.3 is 15.6 Å². The summed E-state index contributed by atoms with van der Waals surface area (Å²) < 4.78 is 32.7. The first-order valence-electron chi connectivity index (χ1n) is 5.64. The van der Waals surface area contributed by atoms with Crippen molar-refractivity contribution in [3.8, 4) is 0 Å². The first kappa shape index (κ1) is 18.4. The number of benzene rings is 2. The van der Waals surface area contributed by atoms with Crippen LogP contribution >= 0.6 is 0 Å². The summed E-state index contributed by atoms with van der Waals surface area (Å²) in [6.07, 6.45) is 0. The summed E-state index contributed by atoms with van der Waals surface area (Å²) in [5.41, 5.74) is 6.15. The molecule has 2 aromatic carbocycles. The number of nitro benzene ring substituents is 1. The number of nitro groups is 1. The monoisotopic (exact) mass is 331 g/mol. The molecule has 2 rings (SSSR count). The molecule has 3 N–H and O–H groups in total. The van der Waals surface area contributed by atoms with Crippen molar-refractivity contribution in [1.29, 1.82) is 0 Å². The maximum Gasteiger partial charge on any atom is 1.00 e. The summed E-state index contributed by atoms with van der Waals surface area (Å²) in [4.78, 5) is 9.57. The van der Waals surface area contributed by atoms with Crippen LogP contribution in [0.25, 0.3) is 0 Å². The number of hydrogen-bond donors (Lipinski definition) is 2. The topological polar surface area (TPSA) is 138 Å². The molecule has 0 bridgehead atoms. The Hall–Kier alpha value is -1.65. The Kier molecular flexibility index (Phi) is 5.92. The van der Waals surface area contributed by atoms with Crippen LogP contribution in [-0.2, 0) is 10.1 Å². The number of hydrogen-bond acceptors (Lipinski definition) is 7. The second-order valence-corrected chi connectivity index (χ2v) is 5.52. The van der Waals surface area contributed by atoms with E-state index >= 15 is 0 Å². The fourth-order valence-corrected chi connectivity index (χ4v) is 2.14. The minimum Gasteiger partial charge on any atom is -0.744 e. The summed E-state index contributed by atoms with van der Waals surface area (Å²) in [6, 6.07) is 9.32. The number of nitrogens with two attached hydrogens (primary N) is 1. The summed E-state index contributed by atoms with van der Waals surface area (Å²) in [5, 5.41) is 13.8. The maximum atomic E-state index is 11.0. The van der Waals surface area contributed by atoms with Gasteiger partial charge >= 0.3 is 29.6 Å². The number of anilines is 3. The molecule has 0 saturated heterocycles. The Balaban J connectivity index is 0.00000242. The molecule has 0 aliphatic rings. The van der Waals surface area contributed by atoms with Gasteiger partial charge in [-0.1, -0.05) is 0 Å². The van der Waals surface area contributed by atoms with Crippen molar-refractivity contribution in [3.05, 3.63) is 52.6 Å². The predicted octanol–water partition coefficient (Wildman–Crippen LogP) is -1.17. The minimum atomic E-state index is -4.75. The van der Waals surface area contributed by atoms with E-state index in [9.17, 15) is 23.1 Å². The summed E-state index contributed by atoms with van der Waals surface area (Å²) >= 11 is 0. The number of nitrogens with one attached hydrogen (secondary N) is 1. The van der Waals surface area contributed by atoms with Crippen LogP contribution < -0.4 is 40.6 Å². The summed E-state index contributed by atoms with van der Waals surface area (Å²) in [5.74, 6) is 0. The second kappa shape index (κ2) is 7.07. The van der Waals surface area contributed by atoms with E-state index in [1.165, 1.54) is 6.07 Å². The Morgan fingerprint density at radius 2 is 1.68 bits per heavy atom. The van der Waals surface area contributed by atoms with Crippen molar-refractivity contribution < 1.29 is 47.5 Å². The van der Waals surface area contributed by atoms with Crippen molar-refractivity contribution in [2.75, 3.05) is 11.1 Å². The number of rotatable bonds is 4. The molecule has 0 heterocycles. The van der Waals surface area contributed by atoms with Gasteiger partial charge in [0.25, 0.3) is 5.69 Å². The standard InChI is InChI=1S/C12H11N3O5S.Na/c13-8-1-3-9(4-2-8)14-11-6-5-10(21(18,19)20)7-12(11)15(16)17;/h1-7,14H,13H2,(H,18,19,20);/q;+1/p-1. The largest absolute Gasteiger partial charge is 1.00 e. The van der Waals surface area contributed by atoms with Crippen LogP contribution in [0.4, 0.5) is 22.7 Å². The van der Waals surface area contributed by atoms with E-state index in [1.807, 2.05) is 0 Å². The van der Waals surface area contributed by atoms with Crippen molar-refractivity contribution in [2.45, 2.75) is 4.90 Å². The van der Waals surface area contributed by atoms with Crippen molar-refractivity contribution >= 4 is 32.9 Å². The predicted molar refractivity (Wildman–Crippen MR) is 75.2 cm³/mol. The summed E-state index contributed by atoms with van der Waals surface area (Å²) in [7, 11) is -4.75. The number of nitrogens with zero attached hydrogens (tertiary/aromatic N) is 1. The van der Waals surface area contributed by atoms with E-state index in [0.29, 0.717) is 11.4 Å². The first-order valence-corrected chi connectivity index (χ1v) is 7.05. The molecule has 0 unspecified atom stereocenters. The van der Waals surface area contributed by atoms with Crippen molar-refractivity contribution in [2.24, 2.45) is 0 Å². The van der Waals surface area contributed by atoms with Gasteiger partial charge in [0, 0.05) is 17.4 Å². The Morgan fingerprint density at radius 1 is 1.09 bits per heavy atom. The molecule has 10 heteroatoms. The van der Waals surface area contributed by atoms with Crippen LogP contribution in [0.3, 0.4) is 0 Å². The zero-order valence-electron chi connectivity index (χ0n) is 11.5. The van der Waals surface area contributed by atoms with Crippen LogP contribution in [0, 0.1) is 10.1 Å². The molecule has 0 amide bonds. The average molecular weight is 331 g/mol. The molecule has 0 aliphatic heterocycles. The zero-order valence-corrected chi connectivity index (χ0v) is 14.3. The van der Waals surface area contributed by atoms with E-state index in [1.54, 1.807) is 24.3 Å². The minimum absolute atomic E-state index is 0. The molecular formula is C12H10N3NaO5S. The van der Waals surface area contributed by atoms with Crippen LogP contribution in [0.2, 0.25) is 0 Å². The molecule has 2 aromatic rings. The van der Waals surface area contributed by atoms with Crippen LogP contribution in [0.1, 0.15) is 0 Å². The van der Waals surface area contributed by atoms with Gasteiger partial charge in [0.15, 0.2) is 0 Å². The fourth-order valence-electron chi connectivity index (χ4n) is 1.65. The van der Waals surface area contributed by atoms with Gasteiger partial charge in [-0.15, -0.1) is 0 Å². The molecule has 22 heavy (non-hydrogen) atoms. The van der Waals surface area contributed by atoms with Gasteiger partial charge in [-0.3, -0.25) is 10.1 Å². The molecule has 0 aliphatic carbocycles. The van der Waals surface area contributed by atoms with Gasteiger partial charge in [-0.25, -0.2) is 8.42 Å². The van der Waals surface area contributed by atoms with E-state index in [2.05, 4.69) is 5.32 Å². The van der Waals surface area contributed by atoms with Gasteiger partial charge in [0.1, 0.15) is 15.8 Å². The van der Waals surface area contributed by atoms with Gasteiger partial charge in [-0.2, -0.15) is 0 Å². The van der Waals surface area contributed by atoms with Gasteiger partial charge in [0.2, 0.25) is 0 Å². The maximum absolute atomic E-state index is 11.0. The van der Waals surface area contributed by atoms with Crippen LogP contribution in [-0.4, -0.2) is 17.9 Å². The third kappa shape index (κ3) is 4.42. The third-order valence-electron chi connectivity index (χ3n) is 2.64. The summed E-state index contributed by atoms with van der Waals surface area (Å²) in [6.45, 7) is 0. The SMILES string of the molecule is Nc1ccc(Nc2ccc(S(=O)(=O)[O-])cc2[N+](=O)[O-])cc1.[Na+]. The average Bonchev–Trinajstić information content (AvgIpc) is 2.40. The normalized spacial score (nSPS) is 10.6. The molecular weight excluding hydrogens is 321 g/mol. The zero-order chi connectivity index (χ0) is 15.6. The molecule has 0 fully saturated rings. The van der Waals surface area contributed by atoms with Gasteiger partial charge in [-0.05, 0) is 36.4 Å². The van der Waals surface area contributed by atoms with Crippen LogP contribution in [0.15, 0.2) is 47.4 Å². The molecule has 0 aromatic heterocycles. The molecule has 0 saturated carbocycles. The molecule has 8 nitrogen and oxygen atoms in total. The van der Waals surface area contributed by atoms with E-state index in [0.717, 1.165) is 12.1 Å². The van der Waals surface area contributed by atoms with E-state index < -0.39 is 25.6 Å². The quantitative estimate of drug-likeness (QED) is 0.236. The molecule has 110 valence electrons. The number of nitrogen functional groups attached to an aromatic ring is 1. The second-order valence-electron chi connectivity index (χ2n) is 4.14. The first-order chi connectivity index (χ1) is 9.77. The Bertz CT molecular complexity index is 793. The molecule has 0 radical (unpaired) electrons. The smallest absolute Gasteiger partial charge is 0.744 e. The molecule has 0 spiro atoms.